The summed E-state index contributed by atoms with van der Waals surface area (Å²) in [4.78, 5) is 13.3. The predicted molar refractivity (Wildman–Crippen MR) is 89.4 cm³/mol. The van der Waals surface area contributed by atoms with Crippen molar-refractivity contribution in [3.63, 3.8) is 0 Å². The second-order valence-corrected chi connectivity index (χ2v) is 4.81. The lowest BCUT2D eigenvalue weighted by Crippen LogP contribution is -2.12. The van der Waals surface area contributed by atoms with E-state index < -0.39 is 0 Å². The number of azide groups is 1. The number of rotatable bonds is 4. The van der Waals surface area contributed by atoms with Gasteiger partial charge in [-0.05, 0) is 47.0 Å². The zero-order valence-corrected chi connectivity index (χ0v) is 12.7. The van der Waals surface area contributed by atoms with Crippen LogP contribution in [0.1, 0.15) is 0 Å². The monoisotopic (exact) mass is 306 g/mol. The maximum atomic E-state index is 8.65. The second kappa shape index (κ2) is 6.21. The average Bonchev–Trinajstić information content (AvgIpc) is 2.61. The molecule has 3 aromatic rings. The van der Waals surface area contributed by atoms with Crippen LogP contribution < -0.4 is 9.64 Å². The largest absolute Gasteiger partial charge is 0.497 e. The lowest BCUT2D eigenvalue weighted by molar-refractivity contribution is 0.415. The molecule has 1 aromatic heterocycles. The van der Waals surface area contributed by atoms with E-state index in [1.54, 1.807) is 7.11 Å². The molecule has 0 unspecified atom stereocenters. The van der Waals surface area contributed by atoms with Crippen molar-refractivity contribution in [2.45, 2.75) is 0 Å². The van der Waals surface area contributed by atoms with Crippen LogP contribution in [0.2, 0.25) is 0 Å². The van der Waals surface area contributed by atoms with Gasteiger partial charge >= 0.3 is 0 Å². The summed E-state index contributed by atoms with van der Waals surface area (Å²) in [6.07, 6.45) is 0. The predicted octanol–water partition coefficient (Wildman–Crippen LogP) is 4.35. The highest BCUT2D eigenvalue weighted by Gasteiger charge is 2.12. The lowest BCUT2D eigenvalue weighted by Gasteiger charge is -2.20. The van der Waals surface area contributed by atoms with Gasteiger partial charge in [0.15, 0.2) is 0 Å². The fourth-order valence-corrected chi connectivity index (χ4v) is 2.32. The summed E-state index contributed by atoms with van der Waals surface area (Å²) in [6.45, 7) is 0. The molecule has 1 heterocycles. The zero-order chi connectivity index (χ0) is 16.2. The Labute approximate surface area is 132 Å². The maximum absolute atomic E-state index is 8.65. The third-order valence-corrected chi connectivity index (χ3v) is 3.48. The van der Waals surface area contributed by atoms with Crippen LogP contribution in [0.25, 0.3) is 21.3 Å². The van der Waals surface area contributed by atoms with E-state index in [4.69, 9.17) is 10.3 Å². The average molecular weight is 306 g/mol. The van der Waals surface area contributed by atoms with Gasteiger partial charge < -0.3 is 9.64 Å². The molecule has 114 valence electrons. The Hall–Kier alpha value is -3.31. The molecule has 2 aromatic carbocycles. The first kappa shape index (κ1) is 14.6. The summed E-state index contributed by atoms with van der Waals surface area (Å²) in [5.41, 5.74) is 10.3. The van der Waals surface area contributed by atoms with Crippen LogP contribution in [0, 0.1) is 0 Å². The minimum atomic E-state index is 0.0987. The van der Waals surface area contributed by atoms with Crippen LogP contribution >= 0.6 is 0 Å². The van der Waals surface area contributed by atoms with Crippen molar-refractivity contribution in [3.05, 3.63) is 59.0 Å². The minimum absolute atomic E-state index is 0.0987. The Morgan fingerprint density at radius 3 is 2.52 bits per heavy atom. The highest BCUT2D eigenvalue weighted by molar-refractivity contribution is 5.92. The van der Waals surface area contributed by atoms with Crippen molar-refractivity contribution < 1.29 is 4.74 Å². The number of aromatic nitrogens is 2. The molecule has 7 nitrogen and oxygen atoms in total. The van der Waals surface area contributed by atoms with E-state index in [2.05, 4.69) is 20.0 Å². The van der Waals surface area contributed by atoms with Crippen molar-refractivity contribution in [2.75, 3.05) is 19.1 Å². The normalized spacial score (nSPS) is 10.2. The number of anilines is 2. The number of hydrogen-bond donors (Lipinski definition) is 0. The van der Waals surface area contributed by atoms with Gasteiger partial charge in [-0.2, -0.15) is 0 Å². The molecule has 0 aliphatic carbocycles. The van der Waals surface area contributed by atoms with E-state index in [1.807, 2.05) is 60.5 Å². The molecule has 0 saturated heterocycles. The van der Waals surface area contributed by atoms with E-state index in [9.17, 15) is 0 Å². The molecular formula is C16H14N6O. The number of hydrogen-bond acceptors (Lipinski definition) is 5. The number of benzene rings is 2. The zero-order valence-electron chi connectivity index (χ0n) is 12.7. The first-order valence-corrected chi connectivity index (χ1v) is 6.92. The fraction of sp³-hybridized carbons (Fsp3) is 0.125. The van der Waals surface area contributed by atoms with Gasteiger partial charge in [-0.25, -0.2) is 9.97 Å². The molecule has 0 saturated carbocycles. The molecule has 23 heavy (non-hydrogen) atoms. The summed E-state index contributed by atoms with van der Waals surface area (Å²) in [6, 6.07) is 15.2. The Morgan fingerprint density at radius 2 is 1.83 bits per heavy atom. The quantitative estimate of drug-likeness (QED) is 0.407. The lowest BCUT2D eigenvalue weighted by atomic mass is 10.2. The van der Waals surface area contributed by atoms with Crippen LogP contribution in [0.5, 0.6) is 5.75 Å². The Balaban J connectivity index is 2.14. The van der Waals surface area contributed by atoms with Gasteiger partial charge in [-0.1, -0.05) is 12.1 Å². The Bertz CT molecular complexity index is 887. The van der Waals surface area contributed by atoms with Crippen LogP contribution in [-0.4, -0.2) is 24.1 Å². The molecule has 0 spiro atoms. The molecule has 0 aliphatic rings. The standard InChI is InChI=1S/C16H14N6O/c1-22(11-7-9-12(23-2)10-8-11)15-13-5-3-4-6-14(13)18-16(19-15)20-21-17/h3-10H,1-2H3. The highest BCUT2D eigenvalue weighted by atomic mass is 16.5. The Kier molecular flexibility index (Phi) is 3.95. The van der Waals surface area contributed by atoms with E-state index in [0.29, 0.717) is 5.82 Å². The summed E-state index contributed by atoms with van der Waals surface area (Å²) in [5.74, 6) is 1.55. The van der Waals surface area contributed by atoms with Gasteiger partial charge in [0.2, 0.25) is 5.95 Å². The van der Waals surface area contributed by atoms with Crippen molar-refractivity contribution in [1.82, 2.24) is 9.97 Å². The summed E-state index contributed by atoms with van der Waals surface area (Å²) in [5, 5.41) is 4.41. The van der Waals surface area contributed by atoms with E-state index in [1.165, 1.54) is 0 Å². The van der Waals surface area contributed by atoms with Gasteiger partial charge in [0.05, 0.1) is 12.6 Å². The number of methoxy groups -OCH3 is 1. The third-order valence-electron chi connectivity index (χ3n) is 3.48. The first-order chi connectivity index (χ1) is 11.2. The van der Waals surface area contributed by atoms with Crippen molar-refractivity contribution in [3.8, 4) is 5.75 Å². The topological polar surface area (TPSA) is 87.0 Å². The SMILES string of the molecule is COc1ccc(N(C)c2nc(N=[N+]=[N-])nc3ccccc23)cc1. The number of fused-ring (bicyclic) bond motifs is 1. The van der Waals surface area contributed by atoms with Gasteiger partial charge in [-0.3, -0.25) is 0 Å². The summed E-state index contributed by atoms with van der Waals surface area (Å²) < 4.78 is 5.18. The summed E-state index contributed by atoms with van der Waals surface area (Å²) in [7, 11) is 3.53. The number of ether oxygens (including phenoxy) is 1. The minimum Gasteiger partial charge on any atom is -0.497 e. The molecule has 0 amide bonds. The van der Waals surface area contributed by atoms with Crippen molar-refractivity contribution in [2.24, 2.45) is 5.11 Å². The van der Waals surface area contributed by atoms with Crippen molar-refractivity contribution >= 4 is 28.4 Å². The molecule has 7 heteroatoms. The van der Waals surface area contributed by atoms with E-state index in [-0.39, 0.29) is 5.95 Å². The molecule has 0 N–H and O–H groups in total. The smallest absolute Gasteiger partial charge is 0.219 e. The van der Waals surface area contributed by atoms with E-state index in [0.717, 1.165) is 22.3 Å². The van der Waals surface area contributed by atoms with Gasteiger partial charge in [0.25, 0.3) is 0 Å². The maximum Gasteiger partial charge on any atom is 0.219 e. The molecule has 0 fully saturated rings. The van der Waals surface area contributed by atoms with Gasteiger partial charge in [0.1, 0.15) is 11.6 Å². The molecule has 0 atom stereocenters. The van der Waals surface area contributed by atoms with Crippen LogP contribution in [0.15, 0.2) is 53.6 Å². The van der Waals surface area contributed by atoms with Crippen LogP contribution in [-0.2, 0) is 0 Å². The molecule has 0 radical (unpaired) electrons. The van der Waals surface area contributed by atoms with Crippen LogP contribution in [0.3, 0.4) is 0 Å². The molecule has 0 bridgehead atoms. The summed E-state index contributed by atoms with van der Waals surface area (Å²) >= 11 is 0. The number of nitrogens with zero attached hydrogens (tertiary/aromatic N) is 6. The van der Waals surface area contributed by atoms with Gasteiger partial charge in [-0.15, -0.1) is 0 Å². The Morgan fingerprint density at radius 1 is 1.09 bits per heavy atom. The fourth-order valence-electron chi connectivity index (χ4n) is 2.32. The third kappa shape index (κ3) is 2.86. The number of para-hydroxylation sites is 1. The van der Waals surface area contributed by atoms with E-state index >= 15 is 0 Å². The first-order valence-electron chi connectivity index (χ1n) is 6.92. The van der Waals surface area contributed by atoms with Gasteiger partial charge in [0, 0.05) is 23.0 Å². The highest BCUT2D eigenvalue weighted by Crippen LogP contribution is 2.31. The molecule has 3 rings (SSSR count). The molecular weight excluding hydrogens is 292 g/mol. The second-order valence-electron chi connectivity index (χ2n) is 4.81. The van der Waals surface area contributed by atoms with Crippen molar-refractivity contribution in [1.29, 1.82) is 0 Å². The molecule has 0 aliphatic heterocycles. The van der Waals surface area contributed by atoms with Crippen LogP contribution in [0.4, 0.5) is 17.5 Å².